The molecule has 1 rings (SSSR count). The second-order valence-electron chi connectivity index (χ2n) is 4.69. The molecule has 4 heteroatoms. The van der Waals surface area contributed by atoms with E-state index in [0.29, 0.717) is 11.8 Å². The lowest BCUT2D eigenvalue weighted by atomic mass is 10.1. The van der Waals surface area contributed by atoms with Gasteiger partial charge < -0.3 is 4.90 Å². The molecular formula is C12H24N2OS. The minimum atomic E-state index is 0.0432. The molecule has 1 aliphatic rings. The maximum Gasteiger partial charge on any atom is 0.241 e. The van der Waals surface area contributed by atoms with E-state index in [1.165, 1.54) is 0 Å². The summed E-state index contributed by atoms with van der Waals surface area (Å²) in [5.74, 6) is 1.91. The van der Waals surface area contributed by atoms with Gasteiger partial charge in [0.1, 0.15) is 0 Å². The molecule has 1 saturated heterocycles. The van der Waals surface area contributed by atoms with E-state index in [1.807, 2.05) is 16.7 Å². The standard InChI is InChI=1S/C12H24N2OS/c1-5-10-12(15)14(7-6-8-16-4)11(13-10)9(2)3/h9-11,13H,5-8H2,1-4H3. The molecule has 94 valence electrons. The van der Waals surface area contributed by atoms with Gasteiger partial charge in [-0.2, -0.15) is 11.8 Å². The molecule has 3 nitrogen and oxygen atoms in total. The molecule has 0 aliphatic carbocycles. The van der Waals surface area contributed by atoms with Gasteiger partial charge in [0.25, 0.3) is 0 Å². The van der Waals surface area contributed by atoms with Crippen molar-refractivity contribution >= 4 is 17.7 Å². The van der Waals surface area contributed by atoms with Gasteiger partial charge in [-0.05, 0) is 30.8 Å². The quantitative estimate of drug-likeness (QED) is 0.725. The highest BCUT2D eigenvalue weighted by molar-refractivity contribution is 7.98. The van der Waals surface area contributed by atoms with Crippen LogP contribution in [-0.4, -0.2) is 41.6 Å². The second kappa shape index (κ2) is 6.50. The Morgan fingerprint density at radius 2 is 2.19 bits per heavy atom. The van der Waals surface area contributed by atoms with Crippen molar-refractivity contribution in [2.24, 2.45) is 5.92 Å². The van der Waals surface area contributed by atoms with Crippen LogP contribution >= 0.6 is 11.8 Å². The van der Waals surface area contributed by atoms with E-state index < -0.39 is 0 Å². The van der Waals surface area contributed by atoms with E-state index in [4.69, 9.17) is 0 Å². The number of rotatable bonds is 6. The lowest BCUT2D eigenvalue weighted by Gasteiger charge is -2.27. The second-order valence-corrected chi connectivity index (χ2v) is 5.68. The average Bonchev–Trinajstić information content (AvgIpc) is 2.57. The topological polar surface area (TPSA) is 32.3 Å². The van der Waals surface area contributed by atoms with Gasteiger partial charge >= 0.3 is 0 Å². The van der Waals surface area contributed by atoms with Crippen LogP contribution in [0.3, 0.4) is 0 Å². The Kier molecular flexibility index (Phi) is 5.62. The van der Waals surface area contributed by atoms with Gasteiger partial charge in [0, 0.05) is 6.54 Å². The van der Waals surface area contributed by atoms with Gasteiger partial charge in [-0.1, -0.05) is 20.8 Å². The van der Waals surface area contributed by atoms with Crippen molar-refractivity contribution in [2.45, 2.75) is 45.8 Å². The third-order valence-corrected chi connectivity index (χ3v) is 3.77. The molecule has 2 atom stereocenters. The van der Waals surface area contributed by atoms with Gasteiger partial charge in [0.05, 0.1) is 12.2 Å². The van der Waals surface area contributed by atoms with E-state index in [1.54, 1.807) is 0 Å². The van der Waals surface area contributed by atoms with Crippen molar-refractivity contribution in [3.05, 3.63) is 0 Å². The lowest BCUT2D eigenvalue weighted by Crippen LogP contribution is -2.42. The first kappa shape index (κ1) is 13.8. The first-order chi connectivity index (χ1) is 7.61. The number of hydrogen-bond donors (Lipinski definition) is 1. The largest absolute Gasteiger partial charge is 0.326 e. The van der Waals surface area contributed by atoms with Gasteiger partial charge in [0.2, 0.25) is 5.91 Å². The number of nitrogens with zero attached hydrogens (tertiary/aromatic N) is 1. The van der Waals surface area contributed by atoms with Crippen LogP contribution in [0.25, 0.3) is 0 Å². The number of carbonyl (C=O) groups is 1. The zero-order valence-electron chi connectivity index (χ0n) is 10.8. The minimum absolute atomic E-state index is 0.0432. The molecule has 0 aromatic rings. The number of thioether (sulfide) groups is 1. The first-order valence-corrected chi connectivity index (χ1v) is 7.56. The average molecular weight is 244 g/mol. The Morgan fingerprint density at radius 3 is 2.69 bits per heavy atom. The Bertz CT molecular complexity index is 233. The van der Waals surface area contributed by atoms with Crippen LogP contribution in [0.5, 0.6) is 0 Å². The summed E-state index contributed by atoms with van der Waals surface area (Å²) in [7, 11) is 0. The fraction of sp³-hybridized carbons (Fsp3) is 0.917. The molecule has 16 heavy (non-hydrogen) atoms. The van der Waals surface area contributed by atoms with E-state index in [9.17, 15) is 4.79 Å². The normalized spacial score (nSPS) is 25.8. The summed E-state index contributed by atoms with van der Waals surface area (Å²) in [5.41, 5.74) is 0. The first-order valence-electron chi connectivity index (χ1n) is 6.17. The van der Waals surface area contributed by atoms with Crippen LogP contribution in [-0.2, 0) is 4.79 Å². The molecule has 0 spiro atoms. The zero-order chi connectivity index (χ0) is 12.1. The van der Waals surface area contributed by atoms with Crippen molar-refractivity contribution in [3.8, 4) is 0 Å². The zero-order valence-corrected chi connectivity index (χ0v) is 11.6. The van der Waals surface area contributed by atoms with Gasteiger partial charge in [-0.15, -0.1) is 0 Å². The predicted molar refractivity (Wildman–Crippen MR) is 70.6 cm³/mol. The predicted octanol–water partition coefficient (Wildman–Crippen LogP) is 1.93. The van der Waals surface area contributed by atoms with Crippen molar-refractivity contribution in [1.29, 1.82) is 0 Å². The van der Waals surface area contributed by atoms with Crippen LogP contribution < -0.4 is 5.32 Å². The van der Waals surface area contributed by atoms with Crippen LogP contribution in [0.1, 0.15) is 33.6 Å². The molecule has 0 bridgehead atoms. The molecule has 0 aromatic heterocycles. The van der Waals surface area contributed by atoms with Crippen LogP contribution in [0, 0.1) is 5.92 Å². The van der Waals surface area contributed by atoms with E-state index in [0.717, 1.165) is 25.1 Å². The molecule has 1 aliphatic heterocycles. The Hall–Kier alpha value is -0.220. The molecule has 0 radical (unpaired) electrons. The highest BCUT2D eigenvalue weighted by Gasteiger charge is 2.38. The third kappa shape index (κ3) is 3.14. The van der Waals surface area contributed by atoms with Gasteiger partial charge in [-0.3, -0.25) is 10.1 Å². The van der Waals surface area contributed by atoms with Crippen LogP contribution in [0.4, 0.5) is 0 Å². The van der Waals surface area contributed by atoms with E-state index >= 15 is 0 Å². The molecule has 0 aromatic carbocycles. The molecule has 1 N–H and O–H groups in total. The van der Waals surface area contributed by atoms with Gasteiger partial charge in [-0.25, -0.2) is 0 Å². The summed E-state index contributed by atoms with van der Waals surface area (Å²) in [6.07, 6.45) is 4.33. The smallest absolute Gasteiger partial charge is 0.241 e. The number of carbonyl (C=O) groups excluding carboxylic acids is 1. The number of amides is 1. The maximum absolute atomic E-state index is 12.1. The molecule has 1 fully saturated rings. The molecule has 1 heterocycles. The fourth-order valence-corrected chi connectivity index (χ4v) is 2.60. The fourth-order valence-electron chi connectivity index (χ4n) is 2.18. The molecular weight excluding hydrogens is 220 g/mol. The highest BCUT2D eigenvalue weighted by atomic mass is 32.2. The summed E-state index contributed by atoms with van der Waals surface area (Å²) in [6.45, 7) is 7.31. The van der Waals surface area contributed by atoms with Crippen molar-refractivity contribution in [2.75, 3.05) is 18.6 Å². The van der Waals surface area contributed by atoms with Crippen molar-refractivity contribution < 1.29 is 4.79 Å². The highest BCUT2D eigenvalue weighted by Crippen LogP contribution is 2.19. The van der Waals surface area contributed by atoms with E-state index in [2.05, 4.69) is 32.3 Å². The summed E-state index contributed by atoms with van der Waals surface area (Å²) < 4.78 is 0. The minimum Gasteiger partial charge on any atom is -0.326 e. The SMILES string of the molecule is CCC1NC(C(C)C)N(CCCSC)C1=O. The van der Waals surface area contributed by atoms with Crippen LogP contribution in [0.15, 0.2) is 0 Å². The van der Waals surface area contributed by atoms with Gasteiger partial charge in [0.15, 0.2) is 0 Å². The number of nitrogens with one attached hydrogen (secondary N) is 1. The van der Waals surface area contributed by atoms with Crippen LogP contribution in [0.2, 0.25) is 0 Å². The third-order valence-electron chi connectivity index (χ3n) is 3.08. The molecule has 1 amide bonds. The monoisotopic (exact) mass is 244 g/mol. The van der Waals surface area contributed by atoms with E-state index in [-0.39, 0.29) is 12.2 Å². The Balaban J connectivity index is 2.58. The molecule has 0 saturated carbocycles. The lowest BCUT2D eigenvalue weighted by molar-refractivity contribution is -0.130. The van der Waals surface area contributed by atoms with Crippen molar-refractivity contribution in [3.63, 3.8) is 0 Å². The van der Waals surface area contributed by atoms with Crippen molar-refractivity contribution in [1.82, 2.24) is 10.2 Å². The summed E-state index contributed by atoms with van der Waals surface area (Å²) in [4.78, 5) is 14.1. The summed E-state index contributed by atoms with van der Waals surface area (Å²) >= 11 is 1.84. The Morgan fingerprint density at radius 1 is 1.50 bits per heavy atom. The maximum atomic E-state index is 12.1. The number of hydrogen-bond acceptors (Lipinski definition) is 3. The summed E-state index contributed by atoms with van der Waals surface area (Å²) in [5, 5.41) is 3.44. The summed E-state index contributed by atoms with van der Waals surface area (Å²) in [6, 6.07) is 0.0432. The Labute approximate surface area is 103 Å². The molecule has 2 unspecified atom stereocenters.